The minimum Gasteiger partial charge on any atom is -0.424 e. The number of aryl methyl sites for hydroxylation is 6. The highest BCUT2D eigenvalue weighted by Crippen LogP contribution is 2.30. The van der Waals surface area contributed by atoms with Crippen LogP contribution in [-0.2, 0) is 0 Å². The van der Waals surface area contributed by atoms with Gasteiger partial charge < -0.3 is 14.2 Å². The molecule has 0 saturated heterocycles. The van der Waals surface area contributed by atoms with Crippen LogP contribution in [0.25, 0.3) is 0 Å². The second-order valence-electron chi connectivity index (χ2n) is 8.30. The smallest absolute Gasteiger partial charge is 0.331 e. The van der Waals surface area contributed by atoms with Gasteiger partial charge in [0, 0.05) is 0 Å². The van der Waals surface area contributed by atoms with E-state index in [0.717, 1.165) is 33.4 Å². The first-order valence-corrected chi connectivity index (χ1v) is 10.8. The van der Waals surface area contributed by atoms with Crippen molar-refractivity contribution in [1.29, 1.82) is 0 Å². The van der Waals surface area contributed by atoms with E-state index in [1.807, 2.05) is 96.1 Å². The number of ether oxygens (including phenoxy) is 3. The van der Waals surface area contributed by atoms with Gasteiger partial charge in [0.05, 0.1) is 0 Å². The van der Waals surface area contributed by atoms with Gasteiger partial charge in [-0.25, -0.2) is 0 Å². The molecule has 0 fully saturated rings. The summed E-state index contributed by atoms with van der Waals surface area (Å²) in [6.45, 7) is 12.0. The molecular weight excluding hydrogens is 414 g/mol. The minimum atomic E-state index is 0.0940. The predicted molar refractivity (Wildman–Crippen MR) is 128 cm³/mol. The number of rotatable bonds is 6. The topological polar surface area (TPSA) is 66.4 Å². The normalized spacial score (nSPS) is 10.7. The molecule has 0 radical (unpaired) electrons. The number of benzene rings is 3. The zero-order valence-corrected chi connectivity index (χ0v) is 19.8. The van der Waals surface area contributed by atoms with Crippen molar-refractivity contribution in [3.63, 3.8) is 0 Å². The molecule has 6 heteroatoms. The fourth-order valence-electron chi connectivity index (χ4n) is 3.49. The number of hydrogen-bond donors (Lipinski definition) is 0. The van der Waals surface area contributed by atoms with Crippen molar-refractivity contribution < 1.29 is 14.2 Å². The van der Waals surface area contributed by atoms with E-state index in [0.29, 0.717) is 17.2 Å². The van der Waals surface area contributed by atoms with Crippen LogP contribution in [0, 0.1) is 41.5 Å². The summed E-state index contributed by atoms with van der Waals surface area (Å²) in [5.41, 5.74) is 6.37. The van der Waals surface area contributed by atoms with Gasteiger partial charge in [-0.2, -0.15) is 0 Å². The van der Waals surface area contributed by atoms with E-state index < -0.39 is 0 Å². The highest BCUT2D eigenvalue weighted by atomic mass is 16.5. The van der Waals surface area contributed by atoms with Crippen molar-refractivity contribution in [2.45, 2.75) is 41.5 Å². The molecule has 6 nitrogen and oxygen atoms in total. The van der Waals surface area contributed by atoms with Crippen LogP contribution in [0.1, 0.15) is 33.4 Å². The van der Waals surface area contributed by atoms with Gasteiger partial charge in [0.25, 0.3) is 0 Å². The monoisotopic (exact) mass is 441 g/mol. The van der Waals surface area contributed by atoms with Crippen LogP contribution >= 0.6 is 0 Å². The number of nitrogens with zero attached hydrogens (tertiary/aromatic N) is 3. The summed E-state index contributed by atoms with van der Waals surface area (Å²) in [4.78, 5) is 13.1. The summed E-state index contributed by atoms with van der Waals surface area (Å²) in [5.74, 6) is 1.96. The third kappa shape index (κ3) is 5.47. The largest absolute Gasteiger partial charge is 0.424 e. The maximum Gasteiger partial charge on any atom is 0.331 e. The van der Waals surface area contributed by atoms with E-state index in [1.54, 1.807) is 0 Å². The van der Waals surface area contributed by atoms with Crippen molar-refractivity contribution in [2.24, 2.45) is 0 Å². The summed E-state index contributed by atoms with van der Waals surface area (Å²) in [6.07, 6.45) is 0. The Balaban J connectivity index is 1.71. The maximum atomic E-state index is 6.00. The second-order valence-corrected chi connectivity index (χ2v) is 8.30. The third-order valence-corrected chi connectivity index (χ3v) is 5.17. The summed E-state index contributed by atoms with van der Waals surface area (Å²) in [6, 6.07) is 18.0. The van der Waals surface area contributed by atoms with E-state index >= 15 is 0 Å². The number of hydrogen-bond acceptors (Lipinski definition) is 6. The molecular formula is C27H27N3O3. The van der Waals surface area contributed by atoms with Gasteiger partial charge in [0.2, 0.25) is 0 Å². The number of aromatic nitrogens is 3. The van der Waals surface area contributed by atoms with E-state index in [9.17, 15) is 0 Å². The molecule has 4 aromatic rings. The Labute approximate surface area is 194 Å². The maximum absolute atomic E-state index is 6.00. The minimum absolute atomic E-state index is 0.0940. The summed E-state index contributed by atoms with van der Waals surface area (Å²) < 4.78 is 18.0. The summed E-state index contributed by atoms with van der Waals surface area (Å²) >= 11 is 0. The van der Waals surface area contributed by atoms with Gasteiger partial charge in [-0.15, -0.1) is 15.0 Å². The average molecular weight is 442 g/mol. The Hall–Kier alpha value is -3.93. The molecule has 1 heterocycles. The van der Waals surface area contributed by atoms with Crippen LogP contribution < -0.4 is 14.2 Å². The van der Waals surface area contributed by atoms with Crippen LogP contribution in [0.2, 0.25) is 0 Å². The van der Waals surface area contributed by atoms with Crippen LogP contribution in [0.15, 0.2) is 54.6 Å². The summed E-state index contributed by atoms with van der Waals surface area (Å²) in [5, 5.41) is 0. The molecule has 1 aromatic heterocycles. The lowest BCUT2D eigenvalue weighted by molar-refractivity contribution is 0.359. The van der Waals surface area contributed by atoms with Gasteiger partial charge in [-0.05, 0) is 76.4 Å². The van der Waals surface area contributed by atoms with Gasteiger partial charge in [0.1, 0.15) is 17.2 Å². The lowest BCUT2D eigenvalue weighted by atomic mass is 10.1. The van der Waals surface area contributed by atoms with Gasteiger partial charge in [-0.3, -0.25) is 0 Å². The lowest BCUT2D eigenvalue weighted by Crippen LogP contribution is -2.03. The van der Waals surface area contributed by atoms with Gasteiger partial charge in [0.15, 0.2) is 0 Å². The van der Waals surface area contributed by atoms with Crippen LogP contribution in [0.4, 0.5) is 0 Å². The molecule has 0 aliphatic carbocycles. The molecule has 168 valence electrons. The highest BCUT2D eigenvalue weighted by molar-refractivity contribution is 5.40. The molecule has 0 saturated carbocycles. The molecule has 0 aliphatic heterocycles. The third-order valence-electron chi connectivity index (χ3n) is 5.17. The first-order chi connectivity index (χ1) is 15.8. The van der Waals surface area contributed by atoms with Gasteiger partial charge >= 0.3 is 18.0 Å². The first kappa shape index (κ1) is 22.3. The zero-order valence-electron chi connectivity index (χ0n) is 19.8. The van der Waals surface area contributed by atoms with Crippen LogP contribution in [0.5, 0.6) is 35.3 Å². The Kier molecular flexibility index (Phi) is 6.27. The SMILES string of the molecule is Cc1ccc(Oc2nc(Oc3ccc(C)cc3C)nc(Oc3ccc(C)cc3C)n2)c(C)c1. The molecule has 0 unspecified atom stereocenters. The molecule has 4 rings (SSSR count). The standard InChI is InChI=1S/C27H27N3O3/c1-16-7-10-22(19(4)13-16)31-25-28-26(32-23-11-8-17(2)14-20(23)5)30-27(29-25)33-24-12-9-18(3)15-21(24)6/h7-15H,1-6H3. The van der Waals surface area contributed by atoms with Crippen molar-refractivity contribution in [3.8, 4) is 35.3 Å². The van der Waals surface area contributed by atoms with E-state index in [-0.39, 0.29) is 18.0 Å². The molecule has 3 aromatic carbocycles. The highest BCUT2D eigenvalue weighted by Gasteiger charge is 2.15. The van der Waals surface area contributed by atoms with Crippen molar-refractivity contribution in [2.75, 3.05) is 0 Å². The summed E-state index contributed by atoms with van der Waals surface area (Å²) in [7, 11) is 0. The van der Waals surface area contributed by atoms with Crippen LogP contribution in [0.3, 0.4) is 0 Å². The molecule has 0 spiro atoms. The van der Waals surface area contributed by atoms with E-state index in [1.165, 1.54) is 0 Å². The average Bonchev–Trinajstić information content (AvgIpc) is 2.74. The first-order valence-electron chi connectivity index (χ1n) is 10.8. The van der Waals surface area contributed by atoms with E-state index in [4.69, 9.17) is 14.2 Å². The molecule has 0 bridgehead atoms. The lowest BCUT2D eigenvalue weighted by Gasteiger charge is -2.13. The fourth-order valence-corrected chi connectivity index (χ4v) is 3.49. The quantitative estimate of drug-likeness (QED) is 0.318. The Morgan fingerprint density at radius 1 is 0.424 bits per heavy atom. The Morgan fingerprint density at radius 3 is 0.939 bits per heavy atom. The predicted octanol–water partition coefficient (Wildman–Crippen LogP) is 7.10. The van der Waals surface area contributed by atoms with Crippen LogP contribution in [-0.4, -0.2) is 15.0 Å². The fraction of sp³-hybridized carbons (Fsp3) is 0.222. The molecule has 0 atom stereocenters. The van der Waals surface area contributed by atoms with Crippen molar-refractivity contribution in [1.82, 2.24) is 15.0 Å². The molecule has 0 N–H and O–H groups in total. The van der Waals surface area contributed by atoms with Crippen molar-refractivity contribution >= 4 is 0 Å². The molecule has 33 heavy (non-hydrogen) atoms. The Morgan fingerprint density at radius 2 is 0.697 bits per heavy atom. The van der Waals surface area contributed by atoms with E-state index in [2.05, 4.69) is 15.0 Å². The molecule has 0 amide bonds. The zero-order chi connectivity index (χ0) is 23.5. The van der Waals surface area contributed by atoms with Crippen molar-refractivity contribution in [3.05, 3.63) is 88.0 Å². The van der Waals surface area contributed by atoms with Gasteiger partial charge in [-0.1, -0.05) is 53.1 Å². The Bertz CT molecular complexity index is 1150. The molecule has 0 aliphatic rings. The second kappa shape index (κ2) is 9.28.